The molecule has 0 N–H and O–H groups in total. The second kappa shape index (κ2) is 12.0. The predicted octanol–water partition coefficient (Wildman–Crippen LogP) is 5.97. The zero-order chi connectivity index (χ0) is 21.9. The summed E-state index contributed by atoms with van der Waals surface area (Å²) in [6, 6.07) is 26.3. The molecule has 0 aliphatic carbocycles. The van der Waals surface area contributed by atoms with Gasteiger partial charge in [-0.1, -0.05) is 56.3 Å². The molecular formula is C27H33NO3. The van der Waals surface area contributed by atoms with E-state index in [2.05, 4.69) is 43.0 Å². The van der Waals surface area contributed by atoms with Crippen LogP contribution in [0.25, 0.3) is 0 Å². The van der Waals surface area contributed by atoms with Crippen LogP contribution in [0.1, 0.15) is 38.0 Å². The zero-order valence-corrected chi connectivity index (χ0v) is 18.8. The first-order valence-corrected chi connectivity index (χ1v) is 11.1. The van der Waals surface area contributed by atoms with E-state index < -0.39 is 0 Å². The van der Waals surface area contributed by atoms with E-state index in [4.69, 9.17) is 14.2 Å². The van der Waals surface area contributed by atoms with Crippen molar-refractivity contribution >= 4 is 0 Å². The molecule has 0 heterocycles. The largest absolute Gasteiger partial charge is 0.494 e. The van der Waals surface area contributed by atoms with E-state index in [9.17, 15) is 0 Å². The van der Waals surface area contributed by atoms with Crippen LogP contribution in [0.15, 0.2) is 78.9 Å². The van der Waals surface area contributed by atoms with E-state index in [-0.39, 0.29) is 6.10 Å². The molecule has 1 unspecified atom stereocenters. The Kier molecular flexibility index (Phi) is 8.80. The average molecular weight is 420 g/mol. The van der Waals surface area contributed by atoms with Gasteiger partial charge < -0.3 is 19.1 Å². The molecule has 0 saturated carbocycles. The normalized spacial score (nSPS) is 11.9. The third kappa shape index (κ3) is 6.76. The van der Waals surface area contributed by atoms with Crippen molar-refractivity contribution in [2.75, 3.05) is 32.8 Å². The highest BCUT2D eigenvalue weighted by Crippen LogP contribution is 2.30. The van der Waals surface area contributed by atoms with Crippen LogP contribution >= 0.6 is 0 Å². The van der Waals surface area contributed by atoms with Crippen molar-refractivity contribution in [3.63, 3.8) is 0 Å². The lowest BCUT2D eigenvalue weighted by atomic mass is 10.0. The fourth-order valence-electron chi connectivity index (χ4n) is 3.44. The minimum absolute atomic E-state index is 0.205. The summed E-state index contributed by atoms with van der Waals surface area (Å²) in [5.74, 6) is 2.53. The van der Waals surface area contributed by atoms with Crippen molar-refractivity contribution < 1.29 is 14.2 Å². The lowest BCUT2D eigenvalue weighted by Crippen LogP contribution is -2.27. The van der Waals surface area contributed by atoms with Gasteiger partial charge in [-0.25, -0.2) is 0 Å². The van der Waals surface area contributed by atoms with E-state index in [0.29, 0.717) is 13.2 Å². The van der Waals surface area contributed by atoms with Crippen molar-refractivity contribution in [1.82, 2.24) is 4.90 Å². The summed E-state index contributed by atoms with van der Waals surface area (Å²) in [4.78, 5) is 2.35. The Hall–Kier alpha value is -2.98. The van der Waals surface area contributed by atoms with Crippen LogP contribution in [0.5, 0.6) is 17.2 Å². The first-order chi connectivity index (χ1) is 15.2. The Morgan fingerprint density at radius 1 is 0.645 bits per heavy atom. The quantitative estimate of drug-likeness (QED) is 0.362. The lowest BCUT2D eigenvalue weighted by Gasteiger charge is -2.21. The fraction of sp³-hybridized carbons (Fsp3) is 0.333. The molecular weight excluding hydrogens is 386 g/mol. The van der Waals surface area contributed by atoms with Gasteiger partial charge in [-0.05, 0) is 67.5 Å². The summed E-state index contributed by atoms with van der Waals surface area (Å²) in [6.45, 7) is 10.7. The van der Waals surface area contributed by atoms with Gasteiger partial charge in [-0.15, -0.1) is 0 Å². The van der Waals surface area contributed by atoms with Gasteiger partial charge in [-0.3, -0.25) is 0 Å². The SMILES string of the molecule is CCOc1ccc(OC(c2ccccc2)c2ccc(OCCN(CC)CC)cc2)cc1. The molecule has 0 aromatic heterocycles. The van der Waals surface area contributed by atoms with Crippen LogP contribution in [0.2, 0.25) is 0 Å². The van der Waals surface area contributed by atoms with Gasteiger partial charge in [0, 0.05) is 6.54 Å². The smallest absolute Gasteiger partial charge is 0.149 e. The number of ether oxygens (including phenoxy) is 3. The first kappa shape index (κ1) is 22.7. The third-order valence-electron chi connectivity index (χ3n) is 5.24. The molecule has 0 radical (unpaired) electrons. The maximum Gasteiger partial charge on any atom is 0.149 e. The molecule has 0 amide bonds. The lowest BCUT2D eigenvalue weighted by molar-refractivity contribution is 0.222. The summed E-state index contributed by atoms with van der Waals surface area (Å²) >= 11 is 0. The van der Waals surface area contributed by atoms with Gasteiger partial charge in [0.25, 0.3) is 0 Å². The molecule has 0 aliphatic rings. The molecule has 0 fully saturated rings. The number of hydrogen-bond donors (Lipinski definition) is 0. The summed E-state index contributed by atoms with van der Waals surface area (Å²) < 4.78 is 17.9. The Balaban J connectivity index is 1.72. The van der Waals surface area contributed by atoms with Crippen molar-refractivity contribution in [1.29, 1.82) is 0 Å². The summed E-state index contributed by atoms with van der Waals surface area (Å²) in [5.41, 5.74) is 2.18. The molecule has 4 heteroatoms. The van der Waals surface area contributed by atoms with Crippen LogP contribution in [0.4, 0.5) is 0 Å². The number of nitrogens with zero attached hydrogens (tertiary/aromatic N) is 1. The summed E-state index contributed by atoms with van der Waals surface area (Å²) in [5, 5.41) is 0. The van der Waals surface area contributed by atoms with Crippen molar-refractivity contribution in [3.05, 3.63) is 90.0 Å². The van der Waals surface area contributed by atoms with Gasteiger partial charge in [0.15, 0.2) is 0 Å². The Morgan fingerprint density at radius 3 is 1.81 bits per heavy atom. The predicted molar refractivity (Wildman–Crippen MR) is 126 cm³/mol. The maximum atomic E-state index is 6.40. The van der Waals surface area contributed by atoms with Gasteiger partial charge in [0.1, 0.15) is 30.0 Å². The van der Waals surface area contributed by atoms with Gasteiger partial charge in [0.05, 0.1) is 6.61 Å². The highest BCUT2D eigenvalue weighted by Gasteiger charge is 2.16. The molecule has 1 atom stereocenters. The van der Waals surface area contributed by atoms with Crippen molar-refractivity contribution in [3.8, 4) is 17.2 Å². The van der Waals surface area contributed by atoms with Crippen molar-refractivity contribution in [2.24, 2.45) is 0 Å². The minimum Gasteiger partial charge on any atom is -0.494 e. The number of likely N-dealkylation sites (N-methyl/N-ethyl adjacent to an activating group) is 1. The standard InChI is InChI=1S/C27H33NO3/c1-4-28(5-2)20-21-30-25-14-12-23(13-15-25)27(22-10-8-7-9-11-22)31-26-18-16-24(17-19-26)29-6-3/h7-19,27H,4-6,20-21H2,1-3H3. The van der Waals surface area contributed by atoms with Gasteiger partial charge in [-0.2, -0.15) is 0 Å². The second-order valence-electron chi connectivity index (χ2n) is 7.26. The Morgan fingerprint density at radius 2 is 1.19 bits per heavy atom. The number of hydrogen-bond acceptors (Lipinski definition) is 4. The van der Waals surface area contributed by atoms with Crippen LogP contribution in [-0.4, -0.2) is 37.7 Å². The monoisotopic (exact) mass is 419 g/mol. The Labute approximate surface area is 186 Å². The molecule has 164 valence electrons. The summed E-state index contributed by atoms with van der Waals surface area (Å²) in [6.07, 6.45) is -0.205. The molecule has 4 nitrogen and oxygen atoms in total. The van der Waals surface area contributed by atoms with Crippen molar-refractivity contribution in [2.45, 2.75) is 26.9 Å². The highest BCUT2D eigenvalue weighted by molar-refractivity contribution is 5.37. The molecule has 0 spiro atoms. The fourth-order valence-corrected chi connectivity index (χ4v) is 3.44. The molecule has 0 bridgehead atoms. The van der Waals surface area contributed by atoms with Crippen LogP contribution < -0.4 is 14.2 Å². The molecule has 3 aromatic carbocycles. The van der Waals surface area contributed by atoms with Crippen LogP contribution in [0.3, 0.4) is 0 Å². The molecule has 3 rings (SSSR count). The molecule has 3 aromatic rings. The number of benzene rings is 3. The number of rotatable bonds is 12. The second-order valence-corrected chi connectivity index (χ2v) is 7.26. The maximum absolute atomic E-state index is 6.40. The minimum atomic E-state index is -0.205. The zero-order valence-electron chi connectivity index (χ0n) is 18.8. The van der Waals surface area contributed by atoms with E-state index in [1.807, 2.05) is 61.5 Å². The van der Waals surface area contributed by atoms with E-state index >= 15 is 0 Å². The first-order valence-electron chi connectivity index (χ1n) is 11.1. The van der Waals surface area contributed by atoms with E-state index in [0.717, 1.165) is 48.0 Å². The molecule has 0 saturated heterocycles. The van der Waals surface area contributed by atoms with Gasteiger partial charge >= 0.3 is 0 Å². The average Bonchev–Trinajstić information content (AvgIpc) is 2.83. The van der Waals surface area contributed by atoms with Crippen LogP contribution in [0, 0.1) is 0 Å². The Bertz CT molecular complexity index is 875. The van der Waals surface area contributed by atoms with E-state index in [1.165, 1.54) is 0 Å². The van der Waals surface area contributed by atoms with E-state index in [1.54, 1.807) is 0 Å². The molecule has 0 aliphatic heterocycles. The molecule has 31 heavy (non-hydrogen) atoms. The van der Waals surface area contributed by atoms with Crippen LogP contribution in [-0.2, 0) is 0 Å². The third-order valence-corrected chi connectivity index (χ3v) is 5.24. The summed E-state index contributed by atoms with van der Waals surface area (Å²) in [7, 11) is 0. The van der Waals surface area contributed by atoms with Gasteiger partial charge in [0.2, 0.25) is 0 Å². The topological polar surface area (TPSA) is 30.9 Å². The highest BCUT2D eigenvalue weighted by atomic mass is 16.5.